The third kappa shape index (κ3) is 3.09. The molecule has 0 aromatic heterocycles. The van der Waals surface area contributed by atoms with Gasteiger partial charge in [0, 0.05) is 0 Å². The lowest BCUT2D eigenvalue weighted by Crippen LogP contribution is -2.16. The standard InChI is InChI=1S/C13H22.C2H6/c1-10-8-9-13(11(10)2)12-6-4-3-5-7-12;1-2/h12-13H,3-9H2,1-2H3;1-2H3. The highest BCUT2D eigenvalue weighted by Crippen LogP contribution is 2.42. The van der Waals surface area contributed by atoms with Gasteiger partial charge in [-0.05, 0) is 51.4 Å². The first-order valence-electron chi connectivity index (χ1n) is 6.95. The van der Waals surface area contributed by atoms with Crippen molar-refractivity contribution in [1.29, 1.82) is 0 Å². The lowest BCUT2D eigenvalue weighted by atomic mass is 9.77. The molecular formula is C15H28. The van der Waals surface area contributed by atoms with Gasteiger partial charge in [-0.1, -0.05) is 44.3 Å². The van der Waals surface area contributed by atoms with E-state index in [0.29, 0.717) is 0 Å². The first kappa shape index (κ1) is 12.8. The fourth-order valence-electron chi connectivity index (χ4n) is 3.23. The molecule has 0 saturated heterocycles. The van der Waals surface area contributed by atoms with Crippen molar-refractivity contribution < 1.29 is 0 Å². The first-order valence-corrected chi connectivity index (χ1v) is 6.95. The average molecular weight is 208 g/mol. The number of hydrogen-bond acceptors (Lipinski definition) is 0. The van der Waals surface area contributed by atoms with Crippen molar-refractivity contribution in [2.24, 2.45) is 11.8 Å². The Balaban J connectivity index is 0.000000531. The molecule has 0 amide bonds. The van der Waals surface area contributed by atoms with Crippen LogP contribution in [0.25, 0.3) is 0 Å². The van der Waals surface area contributed by atoms with Crippen LogP contribution in [0.4, 0.5) is 0 Å². The van der Waals surface area contributed by atoms with E-state index in [1.54, 1.807) is 11.1 Å². The van der Waals surface area contributed by atoms with Crippen LogP contribution in [-0.2, 0) is 0 Å². The zero-order chi connectivity index (χ0) is 11.3. The van der Waals surface area contributed by atoms with Crippen LogP contribution in [0.1, 0.15) is 72.6 Å². The van der Waals surface area contributed by atoms with Crippen LogP contribution in [0.5, 0.6) is 0 Å². The molecule has 0 aromatic rings. The van der Waals surface area contributed by atoms with Gasteiger partial charge < -0.3 is 0 Å². The molecule has 0 nitrogen and oxygen atoms in total. The quantitative estimate of drug-likeness (QED) is 0.510. The van der Waals surface area contributed by atoms with E-state index in [1.165, 1.54) is 44.9 Å². The lowest BCUT2D eigenvalue weighted by Gasteiger charge is -2.28. The maximum atomic E-state index is 2.38. The molecule has 15 heavy (non-hydrogen) atoms. The third-order valence-corrected chi connectivity index (χ3v) is 4.28. The highest BCUT2D eigenvalue weighted by Gasteiger charge is 2.28. The van der Waals surface area contributed by atoms with Gasteiger partial charge >= 0.3 is 0 Å². The maximum Gasteiger partial charge on any atom is -0.0172 e. The van der Waals surface area contributed by atoms with Crippen molar-refractivity contribution in [1.82, 2.24) is 0 Å². The van der Waals surface area contributed by atoms with Crippen molar-refractivity contribution in [2.45, 2.75) is 72.6 Å². The van der Waals surface area contributed by atoms with E-state index in [9.17, 15) is 0 Å². The summed E-state index contributed by atoms with van der Waals surface area (Å²) in [5.74, 6) is 2.02. The minimum absolute atomic E-state index is 0.972. The van der Waals surface area contributed by atoms with Crippen LogP contribution in [0.2, 0.25) is 0 Å². The Morgan fingerprint density at radius 1 is 0.867 bits per heavy atom. The predicted octanol–water partition coefficient (Wildman–Crippen LogP) is 5.34. The lowest BCUT2D eigenvalue weighted by molar-refractivity contribution is 0.275. The maximum absolute atomic E-state index is 2.38. The van der Waals surface area contributed by atoms with Crippen LogP contribution >= 0.6 is 0 Å². The Kier molecular flexibility index (Phi) is 5.42. The molecule has 0 bridgehead atoms. The third-order valence-electron chi connectivity index (χ3n) is 4.28. The van der Waals surface area contributed by atoms with Crippen LogP contribution < -0.4 is 0 Å². The molecule has 0 N–H and O–H groups in total. The van der Waals surface area contributed by atoms with Gasteiger partial charge in [0.2, 0.25) is 0 Å². The zero-order valence-corrected chi connectivity index (χ0v) is 11.1. The molecular weight excluding hydrogens is 180 g/mol. The van der Waals surface area contributed by atoms with Crippen molar-refractivity contribution in [3.8, 4) is 0 Å². The van der Waals surface area contributed by atoms with Gasteiger partial charge in [-0.25, -0.2) is 0 Å². The second-order valence-corrected chi connectivity index (χ2v) is 5.01. The van der Waals surface area contributed by atoms with Crippen molar-refractivity contribution >= 4 is 0 Å². The van der Waals surface area contributed by atoms with Crippen molar-refractivity contribution in [3.05, 3.63) is 11.1 Å². The molecule has 0 spiro atoms. The predicted molar refractivity (Wildman–Crippen MR) is 69.0 cm³/mol. The highest BCUT2D eigenvalue weighted by atomic mass is 14.3. The van der Waals surface area contributed by atoms with E-state index in [0.717, 1.165) is 11.8 Å². The normalized spacial score (nSPS) is 27.6. The summed E-state index contributed by atoms with van der Waals surface area (Å²) in [5, 5.41) is 0. The molecule has 1 saturated carbocycles. The van der Waals surface area contributed by atoms with E-state index < -0.39 is 0 Å². The molecule has 2 aliphatic carbocycles. The molecule has 2 rings (SSSR count). The largest absolute Gasteiger partial charge is 0.0741 e. The molecule has 2 aliphatic rings. The molecule has 88 valence electrons. The van der Waals surface area contributed by atoms with Crippen LogP contribution in [0, 0.1) is 11.8 Å². The summed E-state index contributed by atoms with van der Waals surface area (Å²) < 4.78 is 0. The van der Waals surface area contributed by atoms with E-state index in [-0.39, 0.29) is 0 Å². The monoisotopic (exact) mass is 208 g/mol. The summed E-state index contributed by atoms with van der Waals surface area (Å²) in [6.45, 7) is 8.71. The molecule has 1 atom stereocenters. The average Bonchev–Trinajstić information content (AvgIpc) is 2.64. The number of rotatable bonds is 1. The Hall–Kier alpha value is -0.260. The molecule has 0 aromatic carbocycles. The molecule has 1 unspecified atom stereocenters. The zero-order valence-electron chi connectivity index (χ0n) is 11.1. The van der Waals surface area contributed by atoms with Gasteiger partial charge in [-0.15, -0.1) is 0 Å². The van der Waals surface area contributed by atoms with E-state index in [2.05, 4.69) is 13.8 Å². The van der Waals surface area contributed by atoms with Gasteiger partial charge in [0.05, 0.1) is 0 Å². The fraction of sp³-hybridized carbons (Fsp3) is 0.867. The fourth-order valence-corrected chi connectivity index (χ4v) is 3.23. The summed E-state index contributed by atoms with van der Waals surface area (Å²) >= 11 is 0. The van der Waals surface area contributed by atoms with Crippen LogP contribution in [0.15, 0.2) is 11.1 Å². The van der Waals surface area contributed by atoms with Gasteiger partial charge in [-0.2, -0.15) is 0 Å². The van der Waals surface area contributed by atoms with E-state index in [1.807, 2.05) is 13.8 Å². The van der Waals surface area contributed by atoms with Crippen molar-refractivity contribution in [3.63, 3.8) is 0 Å². The van der Waals surface area contributed by atoms with Gasteiger partial charge in [-0.3, -0.25) is 0 Å². The summed E-state index contributed by atoms with van der Waals surface area (Å²) in [6, 6.07) is 0. The molecule has 0 heteroatoms. The van der Waals surface area contributed by atoms with E-state index >= 15 is 0 Å². The van der Waals surface area contributed by atoms with E-state index in [4.69, 9.17) is 0 Å². The minimum atomic E-state index is 0.972. The van der Waals surface area contributed by atoms with Gasteiger partial charge in [0.25, 0.3) is 0 Å². The Morgan fingerprint density at radius 2 is 1.47 bits per heavy atom. The summed E-state index contributed by atoms with van der Waals surface area (Å²) in [7, 11) is 0. The summed E-state index contributed by atoms with van der Waals surface area (Å²) in [6.07, 6.45) is 10.3. The van der Waals surface area contributed by atoms with Gasteiger partial charge in [0.1, 0.15) is 0 Å². The topological polar surface area (TPSA) is 0 Å². The minimum Gasteiger partial charge on any atom is -0.0741 e. The molecule has 0 aliphatic heterocycles. The first-order chi connectivity index (χ1) is 7.29. The van der Waals surface area contributed by atoms with Crippen LogP contribution in [-0.4, -0.2) is 0 Å². The number of allylic oxidation sites excluding steroid dienone is 2. The Bertz CT molecular complexity index is 206. The summed E-state index contributed by atoms with van der Waals surface area (Å²) in [4.78, 5) is 0. The smallest absolute Gasteiger partial charge is 0.0172 e. The number of hydrogen-bond donors (Lipinski definition) is 0. The molecule has 0 heterocycles. The van der Waals surface area contributed by atoms with Crippen molar-refractivity contribution in [2.75, 3.05) is 0 Å². The second-order valence-electron chi connectivity index (χ2n) is 5.01. The SMILES string of the molecule is CC.CC1=C(C)C(C2CCCCC2)CC1. The Labute approximate surface area is 96.2 Å². The second kappa shape index (κ2) is 6.35. The van der Waals surface area contributed by atoms with Gasteiger partial charge in [0.15, 0.2) is 0 Å². The highest BCUT2D eigenvalue weighted by molar-refractivity contribution is 5.19. The molecule has 0 radical (unpaired) electrons. The summed E-state index contributed by atoms with van der Waals surface area (Å²) in [5.41, 5.74) is 3.43. The van der Waals surface area contributed by atoms with Crippen LogP contribution in [0.3, 0.4) is 0 Å². The Morgan fingerprint density at radius 3 is 1.93 bits per heavy atom. The molecule has 1 fully saturated rings.